The van der Waals surface area contributed by atoms with Gasteiger partial charge in [0.2, 0.25) is 0 Å². The summed E-state index contributed by atoms with van der Waals surface area (Å²) in [5.41, 5.74) is 2.74. The van der Waals surface area contributed by atoms with E-state index in [1.54, 1.807) is 36.0 Å². The summed E-state index contributed by atoms with van der Waals surface area (Å²) in [6.07, 6.45) is 1.85. The van der Waals surface area contributed by atoms with Gasteiger partial charge >= 0.3 is 18.1 Å². The molecule has 0 aromatic heterocycles. The Kier molecular flexibility index (Phi) is 6.19. The molecule has 1 aliphatic heterocycles. The van der Waals surface area contributed by atoms with Crippen molar-refractivity contribution in [3.8, 4) is 0 Å². The van der Waals surface area contributed by atoms with Gasteiger partial charge in [0.25, 0.3) is 0 Å². The van der Waals surface area contributed by atoms with E-state index in [2.05, 4.69) is 6.08 Å². The van der Waals surface area contributed by atoms with Crippen molar-refractivity contribution in [3.63, 3.8) is 0 Å². The second-order valence-corrected chi connectivity index (χ2v) is 7.83. The number of rotatable bonds is 3. The monoisotopic (exact) mass is 409 g/mol. The highest BCUT2D eigenvalue weighted by atomic mass is 19.4. The quantitative estimate of drug-likeness (QED) is 0.792. The van der Waals surface area contributed by atoms with Crippen LogP contribution in [0.5, 0.6) is 0 Å². The summed E-state index contributed by atoms with van der Waals surface area (Å²) in [4.78, 5) is 26.8. The van der Waals surface area contributed by atoms with Crippen LogP contribution in [-0.4, -0.2) is 55.1 Å². The Morgan fingerprint density at radius 3 is 2.45 bits per heavy atom. The summed E-state index contributed by atoms with van der Waals surface area (Å²) in [5.74, 6) is -1.93. The number of halogens is 3. The van der Waals surface area contributed by atoms with Crippen LogP contribution in [0.25, 0.3) is 5.57 Å². The van der Waals surface area contributed by atoms with E-state index in [4.69, 9.17) is 0 Å². The molecular weight excluding hydrogens is 383 g/mol. The van der Waals surface area contributed by atoms with Crippen molar-refractivity contribution >= 4 is 23.2 Å². The van der Waals surface area contributed by atoms with Crippen LogP contribution >= 0.6 is 0 Å². The standard InChI is InChI=1S/C21H26F3N3O2/c1-26-12-16(13-27(2)20(26)29)15-9-10-18(25-19(28)21(22,23)24)17(11-15)14-7-5-3-4-6-8-14/h7,9-11,16H,3-6,8,12-13H2,1-2H3,(H,25,28). The fourth-order valence-electron chi connectivity index (χ4n) is 4.02. The molecule has 3 rings (SSSR count). The van der Waals surface area contributed by atoms with Crippen LogP contribution in [0.2, 0.25) is 0 Å². The third-order valence-corrected chi connectivity index (χ3v) is 5.55. The molecule has 0 radical (unpaired) electrons. The number of nitrogens with one attached hydrogen (secondary N) is 1. The van der Waals surface area contributed by atoms with E-state index in [9.17, 15) is 22.8 Å². The molecule has 2 aliphatic rings. The Bertz CT molecular complexity index is 806. The zero-order valence-corrected chi connectivity index (χ0v) is 16.7. The molecule has 0 unspecified atom stereocenters. The molecule has 0 bridgehead atoms. The summed E-state index contributed by atoms with van der Waals surface area (Å²) >= 11 is 0. The first kappa shape index (κ1) is 21.2. The van der Waals surface area contributed by atoms with Crippen LogP contribution in [0.15, 0.2) is 24.3 Å². The molecule has 1 aliphatic carbocycles. The minimum Gasteiger partial charge on any atom is -0.327 e. The van der Waals surface area contributed by atoms with E-state index in [1.165, 1.54) is 0 Å². The molecule has 1 N–H and O–H groups in total. The molecular formula is C21H26F3N3O2. The first-order chi connectivity index (χ1) is 13.7. The van der Waals surface area contributed by atoms with Gasteiger partial charge in [0, 0.05) is 44.4 Å². The lowest BCUT2D eigenvalue weighted by atomic mass is 9.90. The zero-order valence-electron chi connectivity index (χ0n) is 16.7. The summed E-state index contributed by atoms with van der Waals surface area (Å²) in [5, 5.41) is 2.04. The predicted octanol–water partition coefficient (Wildman–Crippen LogP) is 4.62. The number of amides is 3. The molecule has 29 heavy (non-hydrogen) atoms. The highest BCUT2D eigenvalue weighted by Gasteiger charge is 2.39. The zero-order chi connectivity index (χ0) is 21.2. The van der Waals surface area contributed by atoms with Crippen molar-refractivity contribution in [1.29, 1.82) is 0 Å². The molecule has 0 spiro atoms. The second kappa shape index (κ2) is 8.47. The van der Waals surface area contributed by atoms with Gasteiger partial charge in [-0.05, 0) is 49.0 Å². The minimum atomic E-state index is -4.94. The van der Waals surface area contributed by atoms with Crippen LogP contribution in [0.4, 0.5) is 23.7 Å². The van der Waals surface area contributed by atoms with Crippen LogP contribution in [0, 0.1) is 0 Å². The lowest BCUT2D eigenvalue weighted by Gasteiger charge is -2.36. The molecule has 0 atom stereocenters. The molecule has 3 amide bonds. The van der Waals surface area contributed by atoms with E-state index < -0.39 is 12.1 Å². The average molecular weight is 409 g/mol. The van der Waals surface area contributed by atoms with Crippen molar-refractivity contribution < 1.29 is 22.8 Å². The van der Waals surface area contributed by atoms with Crippen LogP contribution in [-0.2, 0) is 4.79 Å². The van der Waals surface area contributed by atoms with E-state index in [1.807, 2.05) is 11.4 Å². The fraction of sp³-hybridized carbons (Fsp3) is 0.524. The van der Waals surface area contributed by atoms with Gasteiger partial charge in [-0.3, -0.25) is 4.79 Å². The van der Waals surface area contributed by atoms with Crippen molar-refractivity contribution in [2.75, 3.05) is 32.5 Å². The van der Waals surface area contributed by atoms with E-state index in [0.717, 1.165) is 43.2 Å². The number of nitrogens with zero attached hydrogens (tertiary/aromatic N) is 2. The Hall–Kier alpha value is -2.51. The third-order valence-electron chi connectivity index (χ3n) is 5.55. The van der Waals surface area contributed by atoms with Crippen molar-refractivity contribution in [2.45, 2.75) is 44.2 Å². The number of hydrogen-bond donors (Lipinski definition) is 1. The number of carbonyl (C=O) groups is 2. The van der Waals surface area contributed by atoms with E-state index in [-0.39, 0.29) is 17.6 Å². The number of alkyl halides is 3. The van der Waals surface area contributed by atoms with Gasteiger partial charge in [-0.1, -0.05) is 18.6 Å². The normalized spacial score (nSPS) is 19.1. The fourth-order valence-corrected chi connectivity index (χ4v) is 4.02. The van der Waals surface area contributed by atoms with Crippen molar-refractivity contribution in [1.82, 2.24) is 9.80 Å². The van der Waals surface area contributed by atoms with Crippen LogP contribution < -0.4 is 5.32 Å². The SMILES string of the molecule is CN1CC(c2ccc(NC(=O)C(F)(F)F)c(C3=CCCCCC3)c2)CN(C)C1=O. The topological polar surface area (TPSA) is 52.7 Å². The van der Waals surface area contributed by atoms with Crippen molar-refractivity contribution in [3.05, 3.63) is 35.4 Å². The van der Waals surface area contributed by atoms with Gasteiger partial charge in [-0.15, -0.1) is 0 Å². The highest BCUT2D eigenvalue weighted by Crippen LogP contribution is 2.35. The number of urea groups is 1. The first-order valence-electron chi connectivity index (χ1n) is 9.84. The Morgan fingerprint density at radius 2 is 1.79 bits per heavy atom. The Morgan fingerprint density at radius 1 is 1.10 bits per heavy atom. The maximum absolute atomic E-state index is 12.8. The average Bonchev–Trinajstić information content (AvgIpc) is 2.94. The summed E-state index contributed by atoms with van der Waals surface area (Å²) in [6.45, 7) is 1.08. The largest absolute Gasteiger partial charge is 0.471 e. The molecule has 1 aromatic rings. The minimum absolute atomic E-state index is 0.0418. The molecule has 8 heteroatoms. The van der Waals surface area contributed by atoms with Gasteiger partial charge in [0.15, 0.2) is 0 Å². The van der Waals surface area contributed by atoms with Gasteiger partial charge in [0.1, 0.15) is 0 Å². The van der Waals surface area contributed by atoms with E-state index >= 15 is 0 Å². The number of allylic oxidation sites excluding steroid dienone is 2. The smallest absolute Gasteiger partial charge is 0.327 e. The Balaban J connectivity index is 1.96. The molecule has 1 aromatic carbocycles. The van der Waals surface area contributed by atoms with E-state index in [0.29, 0.717) is 18.7 Å². The lowest BCUT2D eigenvalue weighted by molar-refractivity contribution is -0.167. The summed E-state index contributed by atoms with van der Waals surface area (Å²) in [7, 11) is 3.47. The molecule has 0 saturated carbocycles. The Labute approximate surface area is 168 Å². The first-order valence-corrected chi connectivity index (χ1v) is 9.84. The molecule has 5 nitrogen and oxygen atoms in total. The second-order valence-electron chi connectivity index (χ2n) is 7.83. The van der Waals surface area contributed by atoms with Gasteiger partial charge < -0.3 is 15.1 Å². The van der Waals surface area contributed by atoms with Crippen LogP contribution in [0.1, 0.15) is 49.1 Å². The molecule has 1 saturated heterocycles. The van der Waals surface area contributed by atoms with Gasteiger partial charge in [0.05, 0.1) is 0 Å². The molecule has 1 heterocycles. The summed E-state index contributed by atoms with van der Waals surface area (Å²) < 4.78 is 38.4. The van der Waals surface area contributed by atoms with Gasteiger partial charge in [-0.25, -0.2) is 4.79 Å². The van der Waals surface area contributed by atoms with Crippen LogP contribution in [0.3, 0.4) is 0 Å². The van der Waals surface area contributed by atoms with Gasteiger partial charge in [-0.2, -0.15) is 13.2 Å². The van der Waals surface area contributed by atoms with Crippen molar-refractivity contribution in [2.24, 2.45) is 0 Å². The molecule has 158 valence electrons. The summed E-state index contributed by atoms with van der Waals surface area (Å²) in [6, 6.07) is 5.12. The number of anilines is 1. The maximum Gasteiger partial charge on any atom is 0.471 e. The number of hydrogen-bond acceptors (Lipinski definition) is 2. The molecule has 1 fully saturated rings. The maximum atomic E-state index is 12.8. The predicted molar refractivity (Wildman–Crippen MR) is 106 cm³/mol. The number of likely N-dealkylation sites (N-methyl/N-ethyl adjacent to an activating group) is 2. The highest BCUT2D eigenvalue weighted by molar-refractivity contribution is 5.97. The number of benzene rings is 1. The number of carbonyl (C=O) groups excluding carboxylic acids is 2. The third kappa shape index (κ3) is 4.92. The lowest BCUT2D eigenvalue weighted by Crippen LogP contribution is -2.48.